The third-order valence-corrected chi connectivity index (χ3v) is 4.03. The van der Waals surface area contributed by atoms with Gasteiger partial charge in [-0.15, -0.1) is 0 Å². The van der Waals surface area contributed by atoms with Crippen molar-refractivity contribution in [3.8, 4) is 0 Å². The summed E-state index contributed by atoms with van der Waals surface area (Å²) in [6, 6.07) is -0.856. The van der Waals surface area contributed by atoms with Gasteiger partial charge in [-0.1, -0.05) is 39.0 Å². The van der Waals surface area contributed by atoms with Crippen LogP contribution in [0.3, 0.4) is 0 Å². The zero-order chi connectivity index (χ0) is 17.2. The van der Waals surface area contributed by atoms with E-state index in [4.69, 9.17) is 9.47 Å². The van der Waals surface area contributed by atoms with Crippen molar-refractivity contribution >= 4 is 5.91 Å². The normalized spacial score (nSPS) is 31.1. The summed E-state index contributed by atoms with van der Waals surface area (Å²) in [5, 5.41) is 31.8. The van der Waals surface area contributed by atoms with E-state index in [9.17, 15) is 20.1 Å². The van der Waals surface area contributed by atoms with E-state index in [2.05, 4.69) is 12.2 Å². The minimum absolute atomic E-state index is 0.347. The van der Waals surface area contributed by atoms with Gasteiger partial charge in [0.05, 0.1) is 6.61 Å². The lowest BCUT2D eigenvalue weighted by Gasteiger charge is -2.42. The average molecular weight is 333 g/mol. The molecule has 1 heterocycles. The first-order valence-electron chi connectivity index (χ1n) is 8.52. The Morgan fingerprint density at radius 1 is 1.13 bits per heavy atom. The van der Waals surface area contributed by atoms with Crippen molar-refractivity contribution in [3.63, 3.8) is 0 Å². The van der Waals surface area contributed by atoms with Crippen molar-refractivity contribution in [2.45, 2.75) is 83.0 Å². The van der Waals surface area contributed by atoms with Crippen LogP contribution in [0, 0.1) is 0 Å². The lowest BCUT2D eigenvalue weighted by molar-refractivity contribution is -0.270. The molecular weight excluding hydrogens is 302 g/mol. The summed E-state index contributed by atoms with van der Waals surface area (Å²) in [6.45, 7) is 3.50. The van der Waals surface area contributed by atoms with Gasteiger partial charge < -0.3 is 30.1 Å². The van der Waals surface area contributed by atoms with Crippen LogP contribution in [-0.4, -0.2) is 65.1 Å². The molecule has 0 aromatic heterocycles. The maximum Gasteiger partial charge on any atom is 0.217 e. The van der Waals surface area contributed by atoms with Gasteiger partial charge in [0.2, 0.25) is 5.91 Å². The van der Waals surface area contributed by atoms with E-state index in [-0.39, 0.29) is 5.91 Å². The van der Waals surface area contributed by atoms with Gasteiger partial charge in [0, 0.05) is 13.5 Å². The third-order valence-electron chi connectivity index (χ3n) is 4.03. The molecule has 1 rings (SSSR count). The Labute approximate surface area is 138 Å². The van der Waals surface area contributed by atoms with E-state index in [0.29, 0.717) is 6.61 Å². The summed E-state index contributed by atoms with van der Waals surface area (Å²) >= 11 is 0. The number of aliphatic hydroxyl groups is 3. The summed E-state index contributed by atoms with van der Waals surface area (Å²) in [6.07, 6.45) is 2.37. The molecule has 0 spiro atoms. The molecule has 4 N–H and O–H groups in total. The molecule has 3 unspecified atom stereocenters. The highest BCUT2D eigenvalue weighted by atomic mass is 16.7. The van der Waals surface area contributed by atoms with Crippen LogP contribution in [0.25, 0.3) is 0 Å². The molecule has 5 atom stereocenters. The van der Waals surface area contributed by atoms with Crippen molar-refractivity contribution in [2.24, 2.45) is 0 Å². The van der Waals surface area contributed by atoms with Gasteiger partial charge in [0.1, 0.15) is 24.4 Å². The van der Waals surface area contributed by atoms with Crippen LogP contribution in [0.15, 0.2) is 0 Å². The van der Waals surface area contributed by atoms with Gasteiger partial charge in [-0.05, 0) is 6.42 Å². The summed E-state index contributed by atoms with van der Waals surface area (Å²) in [7, 11) is 0. The van der Waals surface area contributed by atoms with Crippen LogP contribution in [-0.2, 0) is 14.3 Å². The summed E-state index contributed by atoms with van der Waals surface area (Å²) in [5.74, 6) is -0.347. The number of hydrogen-bond donors (Lipinski definition) is 4. The Bertz CT molecular complexity index is 341. The molecule has 7 heteroatoms. The fraction of sp³-hybridized carbons (Fsp3) is 0.938. The Hall–Kier alpha value is -0.730. The quantitative estimate of drug-likeness (QED) is 0.429. The molecule has 1 fully saturated rings. The number of aliphatic hydroxyl groups excluding tert-OH is 3. The van der Waals surface area contributed by atoms with E-state index in [1.165, 1.54) is 26.2 Å². The van der Waals surface area contributed by atoms with Crippen LogP contribution in [0.4, 0.5) is 0 Å². The van der Waals surface area contributed by atoms with Crippen LogP contribution in [0.5, 0.6) is 0 Å². The second kappa shape index (κ2) is 10.9. The van der Waals surface area contributed by atoms with E-state index >= 15 is 0 Å². The lowest BCUT2D eigenvalue weighted by atomic mass is 9.97. The molecule has 7 nitrogen and oxygen atoms in total. The van der Waals surface area contributed by atoms with E-state index < -0.39 is 37.3 Å². The Morgan fingerprint density at radius 3 is 2.39 bits per heavy atom. The number of hydrogen-bond acceptors (Lipinski definition) is 6. The smallest absolute Gasteiger partial charge is 0.217 e. The largest absolute Gasteiger partial charge is 0.394 e. The third kappa shape index (κ3) is 6.73. The predicted molar refractivity (Wildman–Crippen MR) is 84.7 cm³/mol. The first-order chi connectivity index (χ1) is 11.0. The maximum absolute atomic E-state index is 11.3. The molecular formula is C16H31NO6. The fourth-order valence-electron chi connectivity index (χ4n) is 2.69. The number of nitrogens with one attached hydrogen (secondary N) is 1. The van der Waals surface area contributed by atoms with Gasteiger partial charge in [0.15, 0.2) is 6.29 Å². The van der Waals surface area contributed by atoms with E-state index in [1.807, 2.05) is 0 Å². The fourth-order valence-corrected chi connectivity index (χ4v) is 2.69. The predicted octanol–water partition coefficient (Wildman–Crippen LogP) is 0.307. The molecule has 0 bridgehead atoms. The first-order valence-corrected chi connectivity index (χ1v) is 8.52. The average Bonchev–Trinajstić information content (AvgIpc) is 2.52. The molecule has 1 aliphatic heterocycles. The van der Waals surface area contributed by atoms with Crippen molar-refractivity contribution in [1.29, 1.82) is 0 Å². The minimum Gasteiger partial charge on any atom is -0.394 e. The van der Waals surface area contributed by atoms with Crippen molar-refractivity contribution in [3.05, 3.63) is 0 Å². The van der Waals surface area contributed by atoms with Crippen LogP contribution in [0.1, 0.15) is 52.4 Å². The minimum atomic E-state index is -1.27. The monoisotopic (exact) mass is 333 g/mol. The van der Waals surface area contributed by atoms with Crippen LogP contribution in [0.2, 0.25) is 0 Å². The van der Waals surface area contributed by atoms with Gasteiger partial charge in [-0.3, -0.25) is 4.79 Å². The van der Waals surface area contributed by atoms with Gasteiger partial charge in [0.25, 0.3) is 0 Å². The van der Waals surface area contributed by atoms with E-state index in [0.717, 1.165) is 19.3 Å². The zero-order valence-corrected chi connectivity index (χ0v) is 14.1. The Morgan fingerprint density at radius 2 is 1.78 bits per heavy atom. The van der Waals surface area contributed by atoms with Gasteiger partial charge in [-0.2, -0.15) is 0 Å². The summed E-state index contributed by atoms with van der Waals surface area (Å²) < 4.78 is 11.1. The summed E-state index contributed by atoms with van der Waals surface area (Å²) in [4.78, 5) is 11.3. The van der Waals surface area contributed by atoms with Crippen LogP contribution < -0.4 is 5.32 Å². The molecule has 0 aromatic carbocycles. The number of ether oxygens (including phenoxy) is 2. The van der Waals surface area contributed by atoms with Gasteiger partial charge >= 0.3 is 0 Å². The zero-order valence-electron chi connectivity index (χ0n) is 14.1. The molecule has 0 radical (unpaired) electrons. The highest BCUT2D eigenvalue weighted by Gasteiger charge is 2.45. The molecule has 1 amide bonds. The molecule has 0 aliphatic carbocycles. The molecule has 1 aliphatic rings. The SMILES string of the molecule is CCCCCCCCO[C@@H]1OC(CO)[C@@H](O)C(O)C1NC(C)=O. The first kappa shape index (κ1) is 20.3. The second-order valence-corrected chi connectivity index (χ2v) is 6.07. The summed E-state index contributed by atoms with van der Waals surface area (Å²) in [5.41, 5.74) is 0. The highest BCUT2D eigenvalue weighted by Crippen LogP contribution is 2.22. The second-order valence-electron chi connectivity index (χ2n) is 6.07. The number of unbranched alkanes of at least 4 members (excludes halogenated alkanes) is 5. The number of amides is 1. The van der Waals surface area contributed by atoms with Gasteiger partial charge in [-0.25, -0.2) is 0 Å². The Kier molecular flexibility index (Phi) is 9.66. The molecule has 1 saturated heterocycles. The van der Waals surface area contributed by atoms with Crippen molar-refractivity contribution in [2.75, 3.05) is 13.2 Å². The molecule has 0 saturated carbocycles. The molecule has 23 heavy (non-hydrogen) atoms. The maximum atomic E-state index is 11.3. The van der Waals surface area contributed by atoms with Crippen LogP contribution >= 0.6 is 0 Å². The number of carbonyl (C=O) groups is 1. The standard InChI is InChI=1S/C16H31NO6/c1-3-4-5-6-7-8-9-22-16-13(17-11(2)19)15(21)14(20)12(10-18)23-16/h12-16,18,20-21H,3-10H2,1-2H3,(H,17,19)/t12?,13?,14-,15?,16-/m1/s1. The van der Waals surface area contributed by atoms with Crippen molar-refractivity contribution in [1.82, 2.24) is 5.32 Å². The topological polar surface area (TPSA) is 108 Å². The van der Waals surface area contributed by atoms with Crippen molar-refractivity contribution < 1.29 is 29.6 Å². The van der Waals surface area contributed by atoms with E-state index in [1.54, 1.807) is 0 Å². The number of carbonyl (C=O) groups excluding carboxylic acids is 1. The molecule has 136 valence electrons. The lowest BCUT2D eigenvalue weighted by Crippen LogP contribution is -2.64. The molecule has 0 aromatic rings. The highest BCUT2D eigenvalue weighted by molar-refractivity contribution is 5.73. The number of rotatable bonds is 10. The Balaban J connectivity index is 2.45.